The summed E-state index contributed by atoms with van der Waals surface area (Å²) >= 11 is 5.93. The summed E-state index contributed by atoms with van der Waals surface area (Å²) in [6.45, 7) is 1.04. The number of carbonyl (C=O) groups excluding carboxylic acids is 1. The molecule has 0 aliphatic carbocycles. The normalized spacial score (nSPS) is 17.9. The van der Waals surface area contributed by atoms with Crippen LogP contribution in [-0.2, 0) is 11.3 Å². The quantitative estimate of drug-likeness (QED) is 0.630. The van der Waals surface area contributed by atoms with Crippen LogP contribution in [-0.4, -0.2) is 22.8 Å². The lowest BCUT2D eigenvalue weighted by Gasteiger charge is -2.20. The number of amides is 1. The van der Waals surface area contributed by atoms with E-state index < -0.39 is 0 Å². The summed E-state index contributed by atoms with van der Waals surface area (Å²) in [5.41, 5.74) is 1.91. The first-order valence-corrected chi connectivity index (χ1v) is 6.69. The molecule has 1 aliphatic heterocycles. The van der Waals surface area contributed by atoms with E-state index in [2.05, 4.69) is 4.98 Å². The van der Waals surface area contributed by atoms with Gasteiger partial charge in [0.05, 0.1) is 6.54 Å². The lowest BCUT2D eigenvalue weighted by Crippen LogP contribution is -2.26. The van der Waals surface area contributed by atoms with Gasteiger partial charge < -0.3 is 9.64 Å². The van der Waals surface area contributed by atoms with E-state index in [-0.39, 0.29) is 6.10 Å². The zero-order chi connectivity index (χ0) is 13.9. The second kappa shape index (κ2) is 5.51. The van der Waals surface area contributed by atoms with Crippen LogP contribution in [0.1, 0.15) is 17.2 Å². The number of carbonyl (C=O) groups is 1. The largest absolute Gasteiger partial charge is 0.484 e. The van der Waals surface area contributed by atoms with Crippen LogP contribution in [0.25, 0.3) is 0 Å². The predicted octanol–water partition coefficient (Wildman–Crippen LogP) is 2.83. The second-order valence-corrected chi connectivity index (χ2v) is 5.05. The Morgan fingerprint density at radius 2 is 2.20 bits per heavy atom. The van der Waals surface area contributed by atoms with Gasteiger partial charge in [-0.1, -0.05) is 29.8 Å². The molecule has 0 bridgehead atoms. The molecule has 0 radical (unpaired) electrons. The van der Waals surface area contributed by atoms with Gasteiger partial charge >= 0.3 is 0 Å². The van der Waals surface area contributed by atoms with Crippen molar-refractivity contribution in [3.8, 4) is 5.75 Å². The van der Waals surface area contributed by atoms with Crippen LogP contribution in [0.2, 0.25) is 5.15 Å². The summed E-state index contributed by atoms with van der Waals surface area (Å²) < 4.78 is 6.04. The topological polar surface area (TPSA) is 42.4 Å². The number of nitrogens with zero attached hydrogens (tertiary/aromatic N) is 2. The second-order valence-electron chi connectivity index (χ2n) is 4.66. The fourth-order valence-electron chi connectivity index (χ4n) is 2.31. The summed E-state index contributed by atoms with van der Waals surface area (Å²) in [5, 5.41) is 0.418. The molecule has 5 heteroatoms. The molecule has 1 aliphatic rings. The summed E-state index contributed by atoms with van der Waals surface area (Å²) in [6.07, 6.45) is 2.24. The number of para-hydroxylation sites is 1. The number of hydrogen-bond donors (Lipinski definition) is 0. The highest BCUT2D eigenvalue weighted by molar-refractivity contribution is 6.29. The Morgan fingerprint density at radius 1 is 1.35 bits per heavy atom. The van der Waals surface area contributed by atoms with Crippen molar-refractivity contribution >= 4 is 18.0 Å². The van der Waals surface area contributed by atoms with E-state index in [9.17, 15) is 4.79 Å². The molecule has 1 atom stereocenters. The van der Waals surface area contributed by atoms with E-state index in [1.807, 2.05) is 30.3 Å². The molecule has 3 rings (SSSR count). The van der Waals surface area contributed by atoms with Crippen molar-refractivity contribution in [3.05, 3.63) is 58.9 Å². The third-order valence-electron chi connectivity index (χ3n) is 3.29. The average Bonchev–Trinajstić information content (AvgIpc) is 2.66. The van der Waals surface area contributed by atoms with Gasteiger partial charge in [0.2, 0.25) is 6.41 Å². The summed E-state index contributed by atoms with van der Waals surface area (Å²) in [5.74, 6) is 0.801. The molecule has 0 N–H and O–H groups in total. The molecule has 4 nitrogen and oxygen atoms in total. The van der Waals surface area contributed by atoms with E-state index >= 15 is 0 Å². The fraction of sp³-hybridized carbons (Fsp3) is 0.200. The molecule has 1 amide bonds. The third-order valence-corrected chi connectivity index (χ3v) is 3.49. The molecule has 102 valence electrons. The Labute approximate surface area is 122 Å². The monoisotopic (exact) mass is 288 g/mol. The maximum absolute atomic E-state index is 11.2. The minimum absolute atomic E-state index is 0.246. The van der Waals surface area contributed by atoms with Crippen LogP contribution in [0, 0.1) is 0 Å². The lowest BCUT2D eigenvalue weighted by molar-refractivity contribution is -0.119. The molecule has 0 fully saturated rings. The fourth-order valence-corrected chi connectivity index (χ4v) is 2.49. The number of benzene rings is 1. The molecule has 2 aromatic rings. The van der Waals surface area contributed by atoms with Gasteiger partial charge in [0, 0.05) is 18.3 Å². The van der Waals surface area contributed by atoms with Crippen LogP contribution in [0.15, 0.2) is 42.6 Å². The van der Waals surface area contributed by atoms with E-state index in [1.165, 1.54) is 0 Å². The number of rotatable bonds is 2. The molecular weight excluding hydrogens is 276 g/mol. The van der Waals surface area contributed by atoms with Crippen molar-refractivity contribution in [1.82, 2.24) is 9.88 Å². The number of ether oxygens (including phenoxy) is 1. The number of hydrogen-bond acceptors (Lipinski definition) is 3. The Bertz CT molecular complexity index is 633. The van der Waals surface area contributed by atoms with Crippen LogP contribution < -0.4 is 4.74 Å². The zero-order valence-electron chi connectivity index (χ0n) is 10.7. The van der Waals surface area contributed by atoms with Crippen LogP contribution in [0.4, 0.5) is 0 Å². The van der Waals surface area contributed by atoms with Crippen molar-refractivity contribution < 1.29 is 9.53 Å². The predicted molar refractivity (Wildman–Crippen MR) is 75.5 cm³/mol. The first kappa shape index (κ1) is 12.9. The Balaban J connectivity index is 1.98. The van der Waals surface area contributed by atoms with E-state index in [1.54, 1.807) is 17.2 Å². The first-order chi connectivity index (χ1) is 9.76. The van der Waals surface area contributed by atoms with Crippen LogP contribution in [0.5, 0.6) is 5.75 Å². The van der Waals surface area contributed by atoms with Crippen molar-refractivity contribution in [2.75, 3.05) is 6.54 Å². The molecule has 20 heavy (non-hydrogen) atoms. The third kappa shape index (κ3) is 2.60. The van der Waals surface area contributed by atoms with Gasteiger partial charge in [0.1, 0.15) is 17.0 Å². The van der Waals surface area contributed by atoms with Crippen molar-refractivity contribution in [2.45, 2.75) is 12.6 Å². The van der Waals surface area contributed by atoms with Gasteiger partial charge in [-0.05, 0) is 23.8 Å². The molecule has 2 heterocycles. The molecule has 0 saturated heterocycles. The highest BCUT2D eigenvalue weighted by atomic mass is 35.5. The van der Waals surface area contributed by atoms with Gasteiger partial charge in [-0.2, -0.15) is 0 Å². The van der Waals surface area contributed by atoms with Gasteiger partial charge in [-0.25, -0.2) is 4.98 Å². The molecule has 0 saturated carbocycles. The molecule has 1 unspecified atom stereocenters. The zero-order valence-corrected chi connectivity index (χ0v) is 11.5. The minimum Gasteiger partial charge on any atom is -0.484 e. The van der Waals surface area contributed by atoms with Crippen LogP contribution >= 0.6 is 11.6 Å². The maximum Gasteiger partial charge on any atom is 0.210 e. The van der Waals surface area contributed by atoms with Gasteiger partial charge in [0.25, 0.3) is 0 Å². The van der Waals surface area contributed by atoms with E-state index in [0.29, 0.717) is 18.2 Å². The smallest absolute Gasteiger partial charge is 0.210 e. The average molecular weight is 289 g/mol. The van der Waals surface area contributed by atoms with Gasteiger partial charge in [-0.3, -0.25) is 4.79 Å². The Hall–Kier alpha value is -2.07. The summed E-state index contributed by atoms with van der Waals surface area (Å²) in [6, 6.07) is 11.4. The lowest BCUT2D eigenvalue weighted by atomic mass is 10.1. The Morgan fingerprint density at radius 3 is 3.00 bits per heavy atom. The highest BCUT2D eigenvalue weighted by Crippen LogP contribution is 2.30. The molecule has 1 aromatic heterocycles. The standard InChI is InChI=1S/C15H13ClN2O2/c16-15-7-11(5-6-17-15)14-9-18(10-19)8-12-3-1-2-4-13(12)20-14/h1-7,10,14H,8-9H2. The summed E-state index contributed by atoms with van der Waals surface area (Å²) in [4.78, 5) is 16.9. The number of aromatic nitrogens is 1. The van der Waals surface area contributed by atoms with E-state index in [4.69, 9.17) is 16.3 Å². The van der Waals surface area contributed by atoms with Crippen molar-refractivity contribution in [2.24, 2.45) is 0 Å². The van der Waals surface area contributed by atoms with Crippen molar-refractivity contribution in [1.29, 1.82) is 0 Å². The SMILES string of the molecule is O=CN1Cc2ccccc2OC(c2ccnc(Cl)c2)C1. The van der Waals surface area contributed by atoms with Gasteiger partial charge in [-0.15, -0.1) is 0 Å². The molecule has 1 aromatic carbocycles. The minimum atomic E-state index is -0.246. The Kier molecular flexibility index (Phi) is 3.56. The first-order valence-electron chi connectivity index (χ1n) is 6.31. The van der Waals surface area contributed by atoms with Crippen molar-refractivity contribution in [3.63, 3.8) is 0 Å². The van der Waals surface area contributed by atoms with Gasteiger partial charge in [0.15, 0.2) is 0 Å². The maximum atomic E-state index is 11.2. The van der Waals surface area contributed by atoms with E-state index in [0.717, 1.165) is 23.3 Å². The molecular formula is C15H13ClN2O2. The number of pyridine rings is 1. The number of fused-ring (bicyclic) bond motifs is 1. The highest BCUT2D eigenvalue weighted by Gasteiger charge is 2.23. The summed E-state index contributed by atoms with van der Waals surface area (Å²) in [7, 11) is 0. The van der Waals surface area contributed by atoms with Crippen LogP contribution in [0.3, 0.4) is 0 Å². The molecule has 0 spiro atoms. The number of halogens is 1.